The SMILES string of the molecule is CN1CCN(C(=O)c2ccc3c(c2)[nH]c2cccc(N4CCCCC4)c23)CC1. The molecule has 2 saturated heterocycles. The first-order valence-electron chi connectivity index (χ1n) is 10.5. The monoisotopic (exact) mass is 376 g/mol. The van der Waals surface area contributed by atoms with Gasteiger partial charge in [0.25, 0.3) is 5.91 Å². The van der Waals surface area contributed by atoms with Crippen LogP contribution < -0.4 is 4.90 Å². The topological polar surface area (TPSA) is 42.6 Å². The van der Waals surface area contributed by atoms with Crippen LogP contribution in [0.15, 0.2) is 36.4 Å². The third-order valence-corrected chi connectivity index (χ3v) is 6.33. The van der Waals surface area contributed by atoms with E-state index in [1.54, 1.807) is 0 Å². The molecule has 5 nitrogen and oxygen atoms in total. The first kappa shape index (κ1) is 17.6. The number of aromatic amines is 1. The van der Waals surface area contributed by atoms with Crippen molar-refractivity contribution < 1.29 is 4.79 Å². The average molecular weight is 377 g/mol. The highest BCUT2D eigenvalue weighted by Gasteiger charge is 2.22. The third kappa shape index (κ3) is 3.04. The van der Waals surface area contributed by atoms with Crippen LogP contribution in [0.1, 0.15) is 29.6 Å². The summed E-state index contributed by atoms with van der Waals surface area (Å²) in [6, 6.07) is 12.7. The van der Waals surface area contributed by atoms with Crippen molar-refractivity contribution in [1.29, 1.82) is 0 Å². The number of nitrogens with one attached hydrogen (secondary N) is 1. The van der Waals surface area contributed by atoms with Gasteiger partial charge in [-0.05, 0) is 50.6 Å². The molecule has 2 fully saturated rings. The summed E-state index contributed by atoms with van der Waals surface area (Å²) in [5.74, 6) is 0.143. The molecule has 0 spiro atoms. The number of amides is 1. The van der Waals surface area contributed by atoms with Crippen molar-refractivity contribution in [3.63, 3.8) is 0 Å². The van der Waals surface area contributed by atoms with E-state index in [4.69, 9.17) is 0 Å². The highest BCUT2D eigenvalue weighted by molar-refractivity contribution is 6.14. The molecule has 1 N–H and O–H groups in total. The summed E-state index contributed by atoms with van der Waals surface area (Å²) in [5, 5.41) is 2.50. The zero-order valence-corrected chi connectivity index (χ0v) is 16.6. The van der Waals surface area contributed by atoms with E-state index in [2.05, 4.69) is 46.1 Å². The molecule has 2 aliphatic heterocycles. The van der Waals surface area contributed by atoms with Crippen molar-refractivity contribution >= 4 is 33.4 Å². The minimum absolute atomic E-state index is 0.143. The first-order chi connectivity index (χ1) is 13.7. The van der Waals surface area contributed by atoms with Gasteiger partial charge >= 0.3 is 0 Å². The molecule has 0 saturated carbocycles. The second-order valence-electron chi connectivity index (χ2n) is 8.23. The number of likely N-dealkylation sites (N-methyl/N-ethyl adjacent to an activating group) is 1. The van der Waals surface area contributed by atoms with E-state index in [1.807, 2.05) is 17.0 Å². The van der Waals surface area contributed by atoms with Crippen LogP contribution in [0.5, 0.6) is 0 Å². The molecule has 2 aliphatic rings. The zero-order valence-electron chi connectivity index (χ0n) is 16.6. The molecule has 1 amide bonds. The van der Waals surface area contributed by atoms with Gasteiger partial charge in [-0.25, -0.2) is 0 Å². The average Bonchev–Trinajstić information content (AvgIpc) is 3.12. The van der Waals surface area contributed by atoms with Gasteiger partial charge in [-0.15, -0.1) is 0 Å². The number of piperazine rings is 1. The van der Waals surface area contributed by atoms with Gasteiger partial charge in [0.2, 0.25) is 0 Å². The van der Waals surface area contributed by atoms with Crippen molar-refractivity contribution in [1.82, 2.24) is 14.8 Å². The molecule has 5 rings (SSSR count). The third-order valence-electron chi connectivity index (χ3n) is 6.33. The Labute approximate surface area is 165 Å². The predicted molar refractivity (Wildman–Crippen MR) is 115 cm³/mol. The molecule has 0 radical (unpaired) electrons. The van der Waals surface area contributed by atoms with Crippen LogP contribution in [0, 0.1) is 0 Å². The number of piperidine rings is 1. The van der Waals surface area contributed by atoms with Crippen molar-refractivity contribution in [3.8, 4) is 0 Å². The summed E-state index contributed by atoms with van der Waals surface area (Å²) >= 11 is 0. The highest BCUT2D eigenvalue weighted by atomic mass is 16.2. The van der Waals surface area contributed by atoms with Gasteiger partial charge in [0, 0.05) is 72.3 Å². The van der Waals surface area contributed by atoms with E-state index in [-0.39, 0.29) is 5.91 Å². The van der Waals surface area contributed by atoms with Gasteiger partial charge in [-0.3, -0.25) is 4.79 Å². The van der Waals surface area contributed by atoms with E-state index >= 15 is 0 Å². The fourth-order valence-electron chi connectivity index (χ4n) is 4.66. The van der Waals surface area contributed by atoms with Gasteiger partial charge in [-0.2, -0.15) is 0 Å². The fourth-order valence-corrected chi connectivity index (χ4v) is 4.66. The lowest BCUT2D eigenvalue weighted by atomic mass is 10.0. The molecule has 3 aromatic rings. The molecule has 2 aromatic carbocycles. The number of fused-ring (bicyclic) bond motifs is 3. The van der Waals surface area contributed by atoms with Crippen LogP contribution in [0.2, 0.25) is 0 Å². The summed E-state index contributed by atoms with van der Waals surface area (Å²) in [6.45, 7) is 5.76. The van der Waals surface area contributed by atoms with E-state index in [0.29, 0.717) is 0 Å². The largest absolute Gasteiger partial charge is 0.371 e. The number of H-pyrrole nitrogens is 1. The number of hydrogen-bond acceptors (Lipinski definition) is 3. The molecular weight excluding hydrogens is 348 g/mol. The van der Waals surface area contributed by atoms with E-state index < -0.39 is 0 Å². The molecule has 5 heteroatoms. The van der Waals surface area contributed by atoms with Gasteiger partial charge in [-0.1, -0.05) is 12.1 Å². The van der Waals surface area contributed by atoms with E-state index in [0.717, 1.165) is 55.9 Å². The number of aromatic nitrogens is 1. The molecule has 0 unspecified atom stereocenters. The predicted octanol–water partition coefficient (Wildman–Crippen LogP) is 3.70. The molecule has 0 aliphatic carbocycles. The van der Waals surface area contributed by atoms with Crippen LogP contribution in [-0.4, -0.2) is 67.0 Å². The molecular formula is C23H28N4O. The van der Waals surface area contributed by atoms with Gasteiger partial charge in [0.05, 0.1) is 0 Å². The first-order valence-corrected chi connectivity index (χ1v) is 10.5. The number of carbonyl (C=O) groups is 1. The lowest BCUT2D eigenvalue weighted by molar-refractivity contribution is 0.0664. The lowest BCUT2D eigenvalue weighted by Crippen LogP contribution is -2.47. The standard InChI is InChI=1S/C23H28N4O/c1-25-12-14-27(15-13-25)23(28)17-8-9-18-20(16-17)24-19-6-5-7-21(22(18)19)26-10-3-2-4-11-26/h5-9,16,24H,2-4,10-15H2,1H3. The summed E-state index contributed by atoms with van der Waals surface area (Å²) in [4.78, 5) is 23.3. The number of hydrogen-bond donors (Lipinski definition) is 1. The van der Waals surface area contributed by atoms with Gasteiger partial charge < -0.3 is 19.7 Å². The Morgan fingerprint density at radius 1 is 0.893 bits per heavy atom. The quantitative estimate of drug-likeness (QED) is 0.742. The summed E-state index contributed by atoms with van der Waals surface area (Å²) < 4.78 is 0. The maximum Gasteiger partial charge on any atom is 0.254 e. The molecule has 0 bridgehead atoms. The molecule has 28 heavy (non-hydrogen) atoms. The minimum atomic E-state index is 0.143. The molecule has 1 aromatic heterocycles. The minimum Gasteiger partial charge on any atom is -0.371 e. The Hall–Kier alpha value is -2.53. The normalized spacial score (nSPS) is 18.9. The number of carbonyl (C=O) groups excluding carboxylic acids is 1. The van der Waals surface area contributed by atoms with Crippen LogP contribution in [-0.2, 0) is 0 Å². The van der Waals surface area contributed by atoms with E-state index in [9.17, 15) is 4.79 Å². The van der Waals surface area contributed by atoms with Gasteiger partial charge in [0.15, 0.2) is 0 Å². The zero-order chi connectivity index (χ0) is 19.1. The Morgan fingerprint density at radius 2 is 1.68 bits per heavy atom. The smallest absolute Gasteiger partial charge is 0.254 e. The number of benzene rings is 2. The summed E-state index contributed by atoms with van der Waals surface area (Å²) in [5.41, 5.74) is 4.31. The van der Waals surface area contributed by atoms with Gasteiger partial charge in [0.1, 0.15) is 0 Å². The Morgan fingerprint density at radius 3 is 2.46 bits per heavy atom. The van der Waals surface area contributed by atoms with Crippen molar-refractivity contribution in [3.05, 3.63) is 42.0 Å². The maximum absolute atomic E-state index is 13.0. The second-order valence-corrected chi connectivity index (χ2v) is 8.23. The maximum atomic E-state index is 13.0. The van der Waals surface area contributed by atoms with Crippen LogP contribution >= 0.6 is 0 Å². The lowest BCUT2D eigenvalue weighted by Gasteiger charge is -2.32. The Bertz CT molecular complexity index is 1010. The molecule has 146 valence electrons. The molecule has 0 atom stereocenters. The molecule has 3 heterocycles. The van der Waals surface area contributed by atoms with Crippen LogP contribution in [0.25, 0.3) is 21.8 Å². The van der Waals surface area contributed by atoms with Crippen LogP contribution in [0.3, 0.4) is 0 Å². The highest BCUT2D eigenvalue weighted by Crippen LogP contribution is 2.35. The second kappa shape index (κ2) is 7.13. The summed E-state index contributed by atoms with van der Waals surface area (Å²) in [7, 11) is 2.11. The number of rotatable bonds is 2. The number of anilines is 1. The van der Waals surface area contributed by atoms with Crippen molar-refractivity contribution in [2.24, 2.45) is 0 Å². The Kier molecular flexibility index (Phi) is 4.47. The number of nitrogens with zero attached hydrogens (tertiary/aromatic N) is 3. The summed E-state index contributed by atoms with van der Waals surface area (Å²) in [6.07, 6.45) is 3.86. The van der Waals surface area contributed by atoms with Crippen molar-refractivity contribution in [2.75, 3.05) is 51.2 Å². The Balaban J connectivity index is 1.52. The fraction of sp³-hybridized carbons (Fsp3) is 0.435. The van der Waals surface area contributed by atoms with E-state index in [1.165, 1.54) is 35.7 Å². The van der Waals surface area contributed by atoms with Crippen molar-refractivity contribution in [2.45, 2.75) is 19.3 Å². The van der Waals surface area contributed by atoms with Crippen LogP contribution in [0.4, 0.5) is 5.69 Å².